The fraction of sp³-hybridized carbons (Fsp3) is 0.353. The molecule has 0 amide bonds. The van der Waals surface area contributed by atoms with Gasteiger partial charge < -0.3 is 14.0 Å². The molecular weight excluding hydrogens is 534 g/mol. The molecule has 0 unspecified atom stereocenters. The average Bonchev–Trinajstić information content (AvgIpc) is 3.63. The van der Waals surface area contributed by atoms with Crippen LogP contribution in [0, 0.1) is 6.92 Å². The SMILES string of the molecule is CCOC(=O)c1c(CCCOc2cc(C)cc3ccccc23)c2ccc(Cl)c(-c3c(CC)nn4c3CCC4)c2n1C. The molecule has 6 nitrogen and oxygen atoms in total. The summed E-state index contributed by atoms with van der Waals surface area (Å²) in [6, 6.07) is 16.6. The molecule has 3 aromatic carbocycles. The van der Waals surface area contributed by atoms with Crippen LogP contribution in [-0.2, 0) is 37.6 Å². The van der Waals surface area contributed by atoms with Crippen molar-refractivity contribution in [3.63, 3.8) is 0 Å². The van der Waals surface area contributed by atoms with Crippen molar-refractivity contribution in [3.05, 3.63) is 81.8 Å². The summed E-state index contributed by atoms with van der Waals surface area (Å²) in [5.74, 6) is 0.574. The quantitative estimate of drug-likeness (QED) is 0.134. The molecule has 3 heterocycles. The molecule has 0 N–H and O–H groups in total. The van der Waals surface area contributed by atoms with Gasteiger partial charge in [0.1, 0.15) is 11.4 Å². The second-order valence-corrected chi connectivity index (χ2v) is 11.2. The number of esters is 1. The number of hydrogen-bond donors (Lipinski definition) is 0. The van der Waals surface area contributed by atoms with Gasteiger partial charge in [0.15, 0.2) is 0 Å². The third-order valence-corrected chi connectivity index (χ3v) is 8.49. The zero-order valence-corrected chi connectivity index (χ0v) is 25.0. The number of hydrogen-bond acceptors (Lipinski definition) is 4. The van der Waals surface area contributed by atoms with E-state index in [0.29, 0.717) is 30.4 Å². The highest BCUT2D eigenvalue weighted by atomic mass is 35.5. The van der Waals surface area contributed by atoms with Crippen molar-refractivity contribution < 1.29 is 14.3 Å². The first-order chi connectivity index (χ1) is 19.9. The molecule has 0 aliphatic carbocycles. The maximum atomic E-state index is 13.4. The van der Waals surface area contributed by atoms with Gasteiger partial charge in [-0.25, -0.2) is 4.79 Å². The van der Waals surface area contributed by atoms with Crippen molar-refractivity contribution in [1.29, 1.82) is 0 Å². The van der Waals surface area contributed by atoms with E-state index in [1.807, 2.05) is 42.8 Å². The van der Waals surface area contributed by atoms with Crippen LogP contribution < -0.4 is 4.74 Å². The summed E-state index contributed by atoms with van der Waals surface area (Å²) in [5.41, 5.74) is 8.04. The first-order valence-corrected chi connectivity index (χ1v) is 15.0. The van der Waals surface area contributed by atoms with E-state index in [4.69, 9.17) is 26.2 Å². The second-order valence-electron chi connectivity index (χ2n) is 10.8. The lowest BCUT2D eigenvalue weighted by molar-refractivity contribution is 0.0514. The molecule has 0 fully saturated rings. The lowest BCUT2D eigenvalue weighted by Gasteiger charge is -2.11. The molecule has 0 saturated heterocycles. The number of ether oxygens (including phenoxy) is 2. The van der Waals surface area contributed by atoms with Gasteiger partial charge in [0.05, 0.1) is 29.4 Å². The summed E-state index contributed by atoms with van der Waals surface area (Å²) in [4.78, 5) is 13.4. The van der Waals surface area contributed by atoms with E-state index in [9.17, 15) is 4.79 Å². The molecule has 212 valence electrons. The largest absolute Gasteiger partial charge is 0.493 e. The van der Waals surface area contributed by atoms with Crippen LogP contribution in [0.3, 0.4) is 0 Å². The maximum Gasteiger partial charge on any atom is 0.355 e. The van der Waals surface area contributed by atoms with Crippen molar-refractivity contribution in [2.45, 2.75) is 59.4 Å². The Bertz CT molecular complexity index is 1780. The van der Waals surface area contributed by atoms with Crippen LogP contribution in [0.1, 0.15) is 59.7 Å². The summed E-state index contributed by atoms with van der Waals surface area (Å²) < 4.78 is 16.0. The number of rotatable bonds is 9. The minimum absolute atomic E-state index is 0.313. The number of aryl methyl sites for hydroxylation is 5. The fourth-order valence-electron chi connectivity index (χ4n) is 6.44. The van der Waals surface area contributed by atoms with Crippen molar-refractivity contribution in [2.24, 2.45) is 7.05 Å². The number of fused-ring (bicyclic) bond motifs is 3. The summed E-state index contributed by atoms with van der Waals surface area (Å²) in [5, 5.41) is 8.89. The Morgan fingerprint density at radius 2 is 1.90 bits per heavy atom. The molecule has 6 rings (SSSR count). The van der Waals surface area contributed by atoms with Gasteiger partial charge in [0.25, 0.3) is 0 Å². The van der Waals surface area contributed by atoms with E-state index in [1.54, 1.807) is 0 Å². The zero-order valence-electron chi connectivity index (χ0n) is 24.2. The lowest BCUT2D eigenvalue weighted by Crippen LogP contribution is -2.13. The molecular formula is C34H36ClN3O3. The number of halogens is 1. The van der Waals surface area contributed by atoms with Crippen molar-refractivity contribution in [2.75, 3.05) is 13.2 Å². The van der Waals surface area contributed by atoms with Gasteiger partial charge in [-0.2, -0.15) is 5.10 Å². The third kappa shape index (κ3) is 4.78. The van der Waals surface area contributed by atoms with E-state index in [2.05, 4.69) is 42.8 Å². The minimum Gasteiger partial charge on any atom is -0.493 e. The highest BCUT2D eigenvalue weighted by Crippen LogP contribution is 2.43. The Labute approximate surface area is 245 Å². The average molecular weight is 570 g/mol. The van der Waals surface area contributed by atoms with Gasteiger partial charge in [-0.1, -0.05) is 54.9 Å². The van der Waals surface area contributed by atoms with Crippen molar-refractivity contribution in [1.82, 2.24) is 14.3 Å². The minimum atomic E-state index is -0.315. The molecule has 0 atom stereocenters. The molecule has 2 aromatic heterocycles. The fourth-order valence-corrected chi connectivity index (χ4v) is 6.69. The van der Waals surface area contributed by atoms with Crippen LogP contribution in [0.25, 0.3) is 32.8 Å². The van der Waals surface area contributed by atoms with Crippen molar-refractivity contribution in [3.8, 4) is 16.9 Å². The summed E-state index contributed by atoms with van der Waals surface area (Å²) in [7, 11) is 1.95. The Kier molecular flexibility index (Phi) is 7.52. The Morgan fingerprint density at radius 3 is 2.71 bits per heavy atom. The van der Waals surface area contributed by atoms with Crippen LogP contribution >= 0.6 is 11.6 Å². The second kappa shape index (κ2) is 11.2. The lowest BCUT2D eigenvalue weighted by atomic mass is 9.96. The summed E-state index contributed by atoms with van der Waals surface area (Å²) >= 11 is 6.97. The van der Waals surface area contributed by atoms with Gasteiger partial charge in [-0.3, -0.25) is 4.68 Å². The first kappa shape index (κ1) is 27.4. The third-order valence-electron chi connectivity index (χ3n) is 8.17. The van der Waals surface area contributed by atoms with Crippen LogP contribution in [-0.4, -0.2) is 33.5 Å². The molecule has 0 bridgehead atoms. The molecule has 1 aliphatic heterocycles. The van der Waals surface area contributed by atoms with E-state index < -0.39 is 0 Å². The highest BCUT2D eigenvalue weighted by molar-refractivity contribution is 6.35. The Balaban J connectivity index is 1.39. The first-order valence-electron chi connectivity index (χ1n) is 14.6. The molecule has 41 heavy (non-hydrogen) atoms. The summed E-state index contributed by atoms with van der Waals surface area (Å²) in [6.07, 6.45) is 4.28. The van der Waals surface area contributed by atoms with Crippen molar-refractivity contribution >= 4 is 39.2 Å². The standard InChI is InChI=1S/C34H36ClN3O3/c1-5-27-31(28-14-9-17-38(28)36-27)30-26(35)16-15-25-24(33(34(39)40-6-2)37(4)32(25)30)13-10-18-41-29-20-21(3)19-22-11-7-8-12-23(22)29/h7-8,11-12,15-16,19-20H,5-6,9-10,13-14,17-18H2,1-4H3. The molecule has 0 radical (unpaired) electrons. The molecule has 7 heteroatoms. The molecule has 1 aliphatic rings. The van der Waals surface area contributed by atoms with E-state index in [1.165, 1.54) is 16.6 Å². The van der Waals surface area contributed by atoms with E-state index in [0.717, 1.165) is 76.7 Å². The van der Waals surface area contributed by atoms with Crippen LogP contribution in [0.4, 0.5) is 0 Å². The molecule has 0 saturated carbocycles. The van der Waals surface area contributed by atoms with Gasteiger partial charge in [-0.05, 0) is 74.6 Å². The Hall–Kier alpha value is -3.77. The highest BCUT2D eigenvalue weighted by Gasteiger charge is 2.29. The van der Waals surface area contributed by atoms with Gasteiger partial charge >= 0.3 is 5.97 Å². The number of aromatic nitrogens is 3. The maximum absolute atomic E-state index is 13.4. The van der Waals surface area contributed by atoms with Gasteiger partial charge in [0.2, 0.25) is 0 Å². The summed E-state index contributed by atoms with van der Waals surface area (Å²) in [6.45, 7) is 7.83. The number of carbonyl (C=O) groups excluding carboxylic acids is 1. The predicted molar refractivity (Wildman–Crippen MR) is 165 cm³/mol. The van der Waals surface area contributed by atoms with E-state index >= 15 is 0 Å². The van der Waals surface area contributed by atoms with Crippen LogP contribution in [0.2, 0.25) is 5.02 Å². The number of carbonyl (C=O) groups is 1. The molecule has 0 spiro atoms. The topological polar surface area (TPSA) is 58.3 Å². The smallest absolute Gasteiger partial charge is 0.355 e. The number of benzene rings is 3. The Morgan fingerprint density at radius 1 is 1.07 bits per heavy atom. The predicted octanol–water partition coefficient (Wildman–Crippen LogP) is 7.85. The number of nitrogens with zero attached hydrogens (tertiary/aromatic N) is 3. The van der Waals surface area contributed by atoms with Crippen LogP contribution in [0.15, 0.2) is 48.5 Å². The zero-order chi connectivity index (χ0) is 28.7. The monoisotopic (exact) mass is 569 g/mol. The van der Waals surface area contributed by atoms with E-state index in [-0.39, 0.29) is 5.97 Å². The normalized spacial score (nSPS) is 12.8. The van der Waals surface area contributed by atoms with Crippen LogP contribution in [0.5, 0.6) is 5.75 Å². The van der Waals surface area contributed by atoms with Gasteiger partial charge in [-0.15, -0.1) is 0 Å². The van der Waals surface area contributed by atoms with Gasteiger partial charge in [0, 0.05) is 41.2 Å². The molecule has 5 aromatic rings.